The topological polar surface area (TPSA) is 53.8 Å². The van der Waals surface area contributed by atoms with Crippen LogP contribution >= 0.6 is 11.3 Å². The van der Waals surface area contributed by atoms with E-state index in [1.54, 1.807) is 6.92 Å². The minimum Gasteiger partial charge on any atom is -0.248 e. The van der Waals surface area contributed by atoms with Crippen molar-refractivity contribution in [2.45, 2.75) is 18.1 Å². The molecule has 1 aromatic heterocycles. The molecule has 0 saturated carbocycles. The van der Waals surface area contributed by atoms with E-state index in [4.69, 9.17) is 4.78 Å². The molecule has 3 nitrogen and oxygen atoms in total. The van der Waals surface area contributed by atoms with Gasteiger partial charge in [0.25, 0.3) is 0 Å². The van der Waals surface area contributed by atoms with Crippen LogP contribution in [0.25, 0.3) is 0 Å². The van der Waals surface area contributed by atoms with Gasteiger partial charge < -0.3 is 0 Å². The van der Waals surface area contributed by atoms with Crippen molar-refractivity contribution in [3.8, 4) is 0 Å². The first-order valence-electron chi connectivity index (χ1n) is 3.09. The van der Waals surface area contributed by atoms with E-state index in [1.807, 2.05) is 6.92 Å². The maximum Gasteiger partial charge on any atom is 0.122 e. The molecule has 5 heteroatoms. The highest BCUT2D eigenvalue weighted by Crippen LogP contribution is 2.22. The fourth-order valence-electron chi connectivity index (χ4n) is 0.874. The van der Waals surface area contributed by atoms with Crippen LogP contribution in [0.15, 0.2) is 4.21 Å². The summed E-state index contributed by atoms with van der Waals surface area (Å²) in [6.45, 7) is 3.64. The Bertz CT molecular complexity index is 364. The number of nitrogens with zero attached hydrogens (tertiary/aromatic N) is 1. The van der Waals surface area contributed by atoms with E-state index in [0.29, 0.717) is 4.21 Å². The lowest BCUT2D eigenvalue weighted by Crippen LogP contribution is -1.93. The monoisotopic (exact) mass is 190 g/mol. The second-order valence-electron chi connectivity index (χ2n) is 2.45. The molecule has 1 N–H and O–H groups in total. The van der Waals surface area contributed by atoms with Gasteiger partial charge in [-0.25, -0.2) is 14.0 Å². The second kappa shape index (κ2) is 2.57. The molecule has 0 fully saturated rings. The van der Waals surface area contributed by atoms with Gasteiger partial charge >= 0.3 is 0 Å². The highest BCUT2D eigenvalue weighted by molar-refractivity contribution is 7.93. The van der Waals surface area contributed by atoms with E-state index >= 15 is 0 Å². The molecule has 0 radical (unpaired) electrons. The van der Waals surface area contributed by atoms with Gasteiger partial charge in [0.15, 0.2) is 0 Å². The summed E-state index contributed by atoms with van der Waals surface area (Å²) in [6, 6.07) is 0. The average Bonchev–Trinajstić information content (AvgIpc) is 2.08. The van der Waals surface area contributed by atoms with Crippen LogP contribution in [0.1, 0.15) is 10.7 Å². The van der Waals surface area contributed by atoms with Gasteiger partial charge in [-0.05, 0) is 13.8 Å². The van der Waals surface area contributed by atoms with Crippen molar-refractivity contribution >= 4 is 21.1 Å². The summed E-state index contributed by atoms with van der Waals surface area (Å²) in [5.74, 6) is 0. The Hall–Kier alpha value is -0.420. The fourth-order valence-corrected chi connectivity index (χ4v) is 3.13. The molecular weight excluding hydrogens is 180 g/mol. The molecule has 62 valence electrons. The molecular formula is C6H10N2OS2. The number of thiazole rings is 1. The Morgan fingerprint density at radius 3 is 2.27 bits per heavy atom. The third-order valence-electron chi connectivity index (χ3n) is 1.21. The van der Waals surface area contributed by atoms with E-state index < -0.39 is 9.73 Å². The van der Waals surface area contributed by atoms with Gasteiger partial charge in [-0.3, -0.25) is 0 Å². The number of aromatic nitrogens is 1. The molecule has 0 aliphatic rings. The van der Waals surface area contributed by atoms with Crippen LogP contribution in [0.2, 0.25) is 0 Å². The molecule has 11 heavy (non-hydrogen) atoms. The number of nitrogens with one attached hydrogen (secondary N) is 1. The molecule has 1 atom stereocenters. The molecule has 0 aromatic carbocycles. The predicted octanol–water partition coefficient (Wildman–Crippen LogP) is 1.80. The van der Waals surface area contributed by atoms with E-state index in [0.717, 1.165) is 10.7 Å². The summed E-state index contributed by atoms with van der Waals surface area (Å²) in [5, 5.41) is 0.874. The Kier molecular flexibility index (Phi) is 2.02. The first-order valence-corrected chi connectivity index (χ1v) is 5.87. The van der Waals surface area contributed by atoms with Gasteiger partial charge in [0, 0.05) is 6.26 Å². The summed E-state index contributed by atoms with van der Waals surface area (Å²) in [6.07, 6.45) is 1.42. The minimum absolute atomic E-state index is 0.606. The van der Waals surface area contributed by atoms with Crippen molar-refractivity contribution < 1.29 is 4.21 Å². The maximum absolute atomic E-state index is 11.3. The van der Waals surface area contributed by atoms with Gasteiger partial charge in [0.05, 0.1) is 20.4 Å². The quantitative estimate of drug-likeness (QED) is 0.734. The van der Waals surface area contributed by atoms with Crippen molar-refractivity contribution in [3.05, 3.63) is 10.7 Å². The molecule has 0 spiro atoms. The Labute approximate surface area is 70.5 Å². The van der Waals surface area contributed by atoms with Crippen LogP contribution in [0, 0.1) is 18.6 Å². The lowest BCUT2D eigenvalue weighted by atomic mass is 10.6. The second-order valence-corrected chi connectivity index (χ2v) is 6.01. The standard InChI is InChI=1S/C6H10N2OS2/c1-4-6(11(3,7)9)10-5(2)8-4/h7H,1-3H3/t11-/m0/s1. The summed E-state index contributed by atoms with van der Waals surface area (Å²) in [4.78, 5) is 4.10. The zero-order valence-corrected chi connectivity index (χ0v) is 8.30. The lowest BCUT2D eigenvalue weighted by molar-refractivity contribution is 0.679. The van der Waals surface area contributed by atoms with Gasteiger partial charge in [-0.1, -0.05) is 0 Å². The molecule has 1 heterocycles. The predicted molar refractivity (Wildman–Crippen MR) is 46.6 cm³/mol. The number of rotatable bonds is 1. The summed E-state index contributed by atoms with van der Waals surface area (Å²) in [5.41, 5.74) is 0.731. The summed E-state index contributed by atoms with van der Waals surface area (Å²) in [7, 11) is -2.56. The fraction of sp³-hybridized carbons (Fsp3) is 0.500. The summed E-state index contributed by atoms with van der Waals surface area (Å²) >= 11 is 1.35. The zero-order valence-electron chi connectivity index (χ0n) is 6.67. The Balaban J connectivity index is 3.36. The van der Waals surface area contributed by atoms with Crippen molar-refractivity contribution in [1.29, 1.82) is 4.78 Å². The van der Waals surface area contributed by atoms with Gasteiger partial charge in [0.1, 0.15) is 4.21 Å². The van der Waals surface area contributed by atoms with Crippen LogP contribution in [-0.2, 0) is 9.73 Å². The van der Waals surface area contributed by atoms with Crippen molar-refractivity contribution in [1.82, 2.24) is 4.98 Å². The highest BCUT2D eigenvalue weighted by Gasteiger charge is 2.11. The number of hydrogen-bond acceptors (Lipinski definition) is 4. The molecule has 0 amide bonds. The van der Waals surface area contributed by atoms with E-state index in [-0.39, 0.29) is 0 Å². The number of hydrogen-bond donors (Lipinski definition) is 1. The third kappa shape index (κ3) is 1.78. The highest BCUT2D eigenvalue weighted by atomic mass is 32.2. The van der Waals surface area contributed by atoms with Crippen LogP contribution in [0.4, 0.5) is 0 Å². The SMILES string of the molecule is Cc1nc(C)c([S@@](C)(=N)=O)s1. The van der Waals surface area contributed by atoms with Crippen molar-refractivity contribution in [2.24, 2.45) is 0 Å². The van der Waals surface area contributed by atoms with E-state index in [2.05, 4.69) is 4.98 Å². The molecule has 0 aliphatic heterocycles. The first kappa shape index (κ1) is 8.67. The van der Waals surface area contributed by atoms with Crippen LogP contribution in [-0.4, -0.2) is 15.4 Å². The molecule has 1 rings (SSSR count). The lowest BCUT2D eigenvalue weighted by Gasteiger charge is -1.94. The Morgan fingerprint density at radius 1 is 1.55 bits per heavy atom. The third-order valence-corrected chi connectivity index (χ3v) is 4.29. The first-order chi connectivity index (χ1) is 4.91. The smallest absolute Gasteiger partial charge is 0.122 e. The molecule has 0 aliphatic carbocycles. The Morgan fingerprint density at radius 2 is 2.09 bits per heavy atom. The van der Waals surface area contributed by atoms with Crippen molar-refractivity contribution in [3.63, 3.8) is 0 Å². The van der Waals surface area contributed by atoms with Gasteiger partial charge in [-0.15, -0.1) is 11.3 Å². The van der Waals surface area contributed by atoms with Crippen LogP contribution in [0.3, 0.4) is 0 Å². The minimum atomic E-state index is -2.56. The average molecular weight is 190 g/mol. The zero-order chi connectivity index (χ0) is 8.65. The van der Waals surface area contributed by atoms with Crippen molar-refractivity contribution in [2.75, 3.05) is 6.26 Å². The van der Waals surface area contributed by atoms with E-state index in [9.17, 15) is 4.21 Å². The van der Waals surface area contributed by atoms with Gasteiger partial charge in [-0.2, -0.15) is 0 Å². The largest absolute Gasteiger partial charge is 0.248 e. The van der Waals surface area contributed by atoms with Gasteiger partial charge in [0.2, 0.25) is 0 Å². The number of aryl methyl sites for hydroxylation is 2. The maximum atomic E-state index is 11.3. The van der Waals surface area contributed by atoms with Crippen LogP contribution in [0.5, 0.6) is 0 Å². The molecule has 0 bridgehead atoms. The van der Waals surface area contributed by atoms with E-state index in [1.165, 1.54) is 17.6 Å². The van der Waals surface area contributed by atoms with Crippen LogP contribution < -0.4 is 0 Å². The normalized spacial score (nSPS) is 16.3. The molecule has 1 aromatic rings. The summed E-state index contributed by atoms with van der Waals surface area (Å²) < 4.78 is 19.2. The molecule has 0 saturated heterocycles. The molecule has 0 unspecified atom stereocenters.